The number of amides is 1. The highest BCUT2D eigenvalue weighted by atomic mass is 16.4. The van der Waals surface area contributed by atoms with Gasteiger partial charge >= 0.3 is 5.97 Å². The van der Waals surface area contributed by atoms with Gasteiger partial charge in [-0.2, -0.15) is 0 Å². The predicted octanol–water partition coefficient (Wildman–Crippen LogP) is 0.450. The van der Waals surface area contributed by atoms with Crippen LogP contribution < -0.4 is 11.1 Å². The molecule has 0 bridgehead atoms. The van der Waals surface area contributed by atoms with E-state index in [0.29, 0.717) is 5.82 Å². The first-order valence-electron chi connectivity index (χ1n) is 6.94. The molecular formula is C14H20N4O3. The maximum absolute atomic E-state index is 11.2. The summed E-state index contributed by atoms with van der Waals surface area (Å²) >= 11 is 0. The van der Waals surface area contributed by atoms with Gasteiger partial charge in [0.15, 0.2) is 0 Å². The Kier molecular flexibility index (Phi) is 4.74. The molecule has 114 valence electrons. The van der Waals surface area contributed by atoms with Crippen LogP contribution in [0, 0.1) is 6.92 Å². The number of anilines is 1. The number of hydrogen-bond donors (Lipinski definition) is 3. The topological polar surface area (TPSA) is 109 Å². The minimum Gasteiger partial charge on any atom is -0.478 e. The van der Waals surface area contributed by atoms with Gasteiger partial charge < -0.3 is 16.2 Å². The van der Waals surface area contributed by atoms with Crippen molar-refractivity contribution >= 4 is 17.7 Å². The molecule has 0 radical (unpaired) electrons. The van der Waals surface area contributed by atoms with Gasteiger partial charge in [-0.05, 0) is 31.9 Å². The number of nitrogens with zero attached hydrogens (tertiary/aromatic N) is 2. The number of nitrogens with two attached hydrogens (primary N) is 1. The summed E-state index contributed by atoms with van der Waals surface area (Å²) in [6.45, 7) is 3.62. The molecule has 1 fully saturated rings. The molecule has 1 saturated heterocycles. The van der Waals surface area contributed by atoms with Gasteiger partial charge in [-0.15, -0.1) is 0 Å². The Balaban J connectivity index is 1.99. The number of hydrogen-bond acceptors (Lipinski definition) is 5. The van der Waals surface area contributed by atoms with Crippen molar-refractivity contribution in [2.24, 2.45) is 5.73 Å². The van der Waals surface area contributed by atoms with E-state index in [2.05, 4.69) is 10.3 Å². The standard InChI is InChI=1S/C14H20N4O3/c1-9-2-3-11(14(20)21)13(16-9)17-10-4-6-18(7-5-10)8-12(15)19/h2-3,10H,4-8H2,1H3,(H2,15,19)(H,16,17)(H,20,21). The Hall–Kier alpha value is -2.15. The van der Waals surface area contributed by atoms with Crippen LogP contribution in [-0.2, 0) is 4.79 Å². The van der Waals surface area contributed by atoms with Crippen molar-refractivity contribution in [2.75, 3.05) is 25.0 Å². The molecule has 2 rings (SSSR count). The second-order valence-corrected chi connectivity index (χ2v) is 5.32. The lowest BCUT2D eigenvalue weighted by Gasteiger charge is -2.32. The summed E-state index contributed by atoms with van der Waals surface area (Å²) in [6, 6.07) is 3.40. The van der Waals surface area contributed by atoms with E-state index in [-0.39, 0.29) is 24.1 Å². The average molecular weight is 292 g/mol. The number of piperidine rings is 1. The Labute approximate surface area is 123 Å². The fraction of sp³-hybridized carbons (Fsp3) is 0.500. The molecule has 1 aliphatic heterocycles. The van der Waals surface area contributed by atoms with Gasteiger partial charge in [0.2, 0.25) is 5.91 Å². The van der Waals surface area contributed by atoms with Gasteiger partial charge in [0.05, 0.1) is 6.54 Å². The number of aryl methyl sites for hydroxylation is 1. The highest BCUT2D eigenvalue weighted by Gasteiger charge is 2.22. The zero-order valence-electron chi connectivity index (χ0n) is 12.0. The third kappa shape index (κ3) is 4.16. The van der Waals surface area contributed by atoms with E-state index in [1.165, 1.54) is 0 Å². The van der Waals surface area contributed by atoms with E-state index in [1.807, 2.05) is 11.8 Å². The van der Waals surface area contributed by atoms with E-state index < -0.39 is 5.97 Å². The molecule has 1 aromatic heterocycles. The molecule has 0 spiro atoms. The van der Waals surface area contributed by atoms with Gasteiger partial charge in [-0.1, -0.05) is 0 Å². The van der Waals surface area contributed by atoms with E-state index in [4.69, 9.17) is 5.73 Å². The van der Waals surface area contributed by atoms with Crippen LogP contribution in [0.1, 0.15) is 28.9 Å². The highest BCUT2D eigenvalue weighted by Crippen LogP contribution is 2.19. The number of aromatic nitrogens is 1. The lowest BCUT2D eigenvalue weighted by molar-refractivity contribution is -0.119. The van der Waals surface area contributed by atoms with Gasteiger partial charge in [-0.25, -0.2) is 9.78 Å². The minimum atomic E-state index is -0.990. The molecule has 0 saturated carbocycles. The van der Waals surface area contributed by atoms with Crippen LogP contribution in [0.4, 0.5) is 5.82 Å². The van der Waals surface area contributed by atoms with Crippen LogP contribution in [0.3, 0.4) is 0 Å². The Morgan fingerprint density at radius 1 is 1.43 bits per heavy atom. The fourth-order valence-electron chi connectivity index (χ4n) is 2.49. The van der Waals surface area contributed by atoms with Gasteiger partial charge in [0.25, 0.3) is 0 Å². The van der Waals surface area contributed by atoms with Crippen LogP contribution in [-0.4, -0.2) is 52.5 Å². The monoisotopic (exact) mass is 292 g/mol. The first-order chi connectivity index (χ1) is 9.95. The van der Waals surface area contributed by atoms with Crippen LogP contribution in [0.2, 0.25) is 0 Å². The Bertz CT molecular complexity index is 539. The molecule has 0 aromatic carbocycles. The molecule has 7 heteroatoms. The number of aromatic carboxylic acids is 1. The van der Waals surface area contributed by atoms with Gasteiger partial charge in [-0.3, -0.25) is 9.69 Å². The third-order valence-corrected chi connectivity index (χ3v) is 3.57. The van der Waals surface area contributed by atoms with Crippen molar-refractivity contribution in [1.29, 1.82) is 0 Å². The molecule has 0 unspecified atom stereocenters. The highest BCUT2D eigenvalue weighted by molar-refractivity contribution is 5.93. The number of nitrogens with one attached hydrogen (secondary N) is 1. The molecule has 21 heavy (non-hydrogen) atoms. The third-order valence-electron chi connectivity index (χ3n) is 3.57. The Morgan fingerprint density at radius 3 is 2.67 bits per heavy atom. The van der Waals surface area contributed by atoms with Crippen LogP contribution in [0.15, 0.2) is 12.1 Å². The number of likely N-dealkylation sites (tertiary alicyclic amines) is 1. The summed E-state index contributed by atoms with van der Waals surface area (Å²) in [5.41, 5.74) is 6.13. The van der Waals surface area contributed by atoms with Crippen molar-refractivity contribution in [2.45, 2.75) is 25.8 Å². The SMILES string of the molecule is Cc1ccc(C(=O)O)c(NC2CCN(CC(N)=O)CC2)n1. The van der Waals surface area contributed by atoms with Crippen molar-refractivity contribution in [1.82, 2.24) is 9.88 Å². The number of primary amides is 1. The van der Waals surface area contributed by atoms with E-state index >= 15 is 0 Å². The second-order valence-electron chi connectivity index (χ2n) is 5.32. The number of carboxylic acid groups (broad SMARTS) is 1. The van der Waals surface area contributed by atoms with Crippen molar-refractivity contribution < 1.29 is 14.7 Å². The molecule has 7 nitrogen and oxygen atoms in total. The first kappa shape index (κ1) is 15.2. The number of carboxylic acids is 1. The molecule has 0 aliphatic carbocycles. The molecular weight excluding hydrogens is 272 g/mol. The number of pyridine rings is 1. The van der Waals surface area contributed by atoms with Crippen LogP contribution >= 0.6 is 0 Å². The Morgan fingerprint density at radius 2 is 2.10 bits per heavy atom. The lowest BCUT2D eigenvalue weighted by Crippen LogP contribution is -2.43. The van der Waals surface area contributed by atoms with Crippen LogP contribution in [0.25, 0.3) is 0 Å². The number of carbonyl (C=O) groups is 2. The summed E-state index contributed by atoms with van der Waals surface area (Å²) in [7, 11) is 0. The smallest absolute Gasteiger partial charge is 0.339 e. The molecule has 4 N–H and O–H groups in total. The number of rotatable bonds is 5. The average Bonchev–Trinajstić information content (AvgIpc) is 2.40. The zero-order chi connectivity index (χ0) is 15.4. The zero-order valence-corrected chi connectivity index (χ0v) is 12.0. The summed E-state index contributed by atoms with van der Waals surface area (Å²) in [6.07, 6.45) is 1.64. The molecule has 1 aliphatic rings. The van der Waals surface area contributed by atoms with Crippen molar-refractivity contribution in [3.63, 3.8) is 0 Å². The molecule has 2 heterocycles. The second kappa shape index (κ2) is 6.53. The molecule has 1 aromatic rings. The normalized spacial score (nSPS) is 16.6. The lowest BCUT2D eigenvalue weighted by atomic mass is 10.0. The first-order valence-corrected chi connectivity index (χ1v) is 6.94. The fourth-order valence-corrected chi connectivity index (χ4v) is 2.49. The minimum absolute atomic E-state index is 0.154. The van der Waals surface area contributed by atoms with Gasteiger partial charge in [0.1, 0.15) is 11.4 Å². The van der Waals surface area contributed by atoms with E-state index in [9.17, 15) is 14.7 Å². The van der Waals surface area contributed by atoms with Crippen molar-refractivity contribution in [3.05, 3.63) is 23.4 Å². The van der Waals surface area contributed by atoms with E-state index in [1.54, 1.807) is 12.1 Å². The van der Waals surface area contributed by atoms with Gasteiger partial charge in [0, 0.05) is 24.8 Å². The number of carbonyl (C=O) groups excluding carboxylic acids is 1. The van der Waals surface area contributed by atoms with Crippen molar-refractivity contribution in [3.8, 4) is 0 Å². The quantitative estimate of drug-likeness (QED) is 0.727. The molecule has 0 atom stereocenters. The van der Waals surface area contributed by atoms with E-state index in [0.717, 1.165) is 31.6 Å². The summed E-state index contributed by atoms with van der Waals surface area (Å²) in [5.74, 6) is -0.901. The summed E-state index contributed by atoms with van der Waals surface area (Å²) < 4.78 is 0. The maximum atomic E-state index is 11.2. The predicted molar refractivity (Wildman–Crippen MR) is 78.2 cm³/mol. The van der Waals surface area contributed by atoms with Crippen LogP contribution in [0.5, 0.6) is 0 Å². The summed E-state index contributed by atoms with van der Waals surface area (Å²) in [5, 5.41) is 12.4. The summed E-state index contributed by atoms with van der Waals surface area (Å²) in [4.78, 5) is 28.4. The molecule has 1 amide bonds. The largest absolute Gasteiger partial charge is 0.478 e. The maximum Gasteiger partial charge on any atom is 0.339 e.